The lowest BCUT2D eigenvalue weighted by Gasteiger charge is -2.26. The molecule has 1 aromatic heterocycles. The Morgan fingerprint density at radius 3 is 2.83 bits per heavy atom. The molecule has 0 unspecified atom stereocenters. The molecule has 0 saturated heterocycles. The summed E-state index contributed by atoms with van der Waals surface area (Å²) >= 11 is 9.32. The molecule has 0 radical (unpaired) electrons. The molecule has 1 fully saturated rings. The number of hydrogen-bond acceptors (Lipinski definition) is 2. The smallest absolute Gasteiger partial charge is 0.230 e. The van der Waals surface area contributed by atoms with Gasteiger partial charge in [0.2, 0.25) is 5.91 Å². The number of nitrogens with one attached hydrogen (secondary N) is 1. The van der Waals surface area contributed by atoms with Crippen LogP contribution in [0.4, 0.5) is 5.69 Å². The number of pyridine rings is 1. The third-order valence-electron chi connectivity index (χ3n) is 3.77. The van der Waals surface area contributed by atoms with E-state index in [4.69, 9.17) is 11.6 Å². The zero-order valence-electron chi connectivity index (χ0n) is 10.3. The molecular formula is C13H16BrClN2O. The van der Waals surface area contributed by atoms with Crippen LogP contribution in [0.3, 0.4) is 0 Å². The first-order valence-corrected chi connectivity index (χ1v) is 7.37. The highest BCUT2D eigenvalue weighted by Crippen LogP contribution is 2.42. The number of anilines is 1. The average Bonchev–Trinajstić information content (AvgIpc) is 2.84. The Morgan fingerprint density at radius 1 is 1.56 bits per heavy atom. The number of halogens is 2. The van der Waals surface area contributed by atoms with Gasteiger partial charge in [-0.05, 0) is 41.3 Å². The number of carbonyl (C=O) groups excluding carboxylic acids is 1. The van der Waals surface area contributed by atoms with Crippen LogP contribution in [0.2, 0.25) is 5.15 Å². The fraction of sp³-hybridized carbons (Fsp3) is 0.538. The van der Waals surface area contributed by atoms with Crippen molar-refractivity contribution in [3.05, 3.63) is 21.9 Å². The zero-order valence-corrected chi connectivity index (χ0v) is 12.6. The largest absolute Gasteiger partial charge is 0.323 e. The summed E-state index contributed by atoms with van der Waals surface area (Å²) in [6.07, 6.45) is 6.68. The molecule has 1 amide bonds. The predicted octanol–water partition coefficient (Wildman–Crippen LogP) is 4.41. The number of aromatic nitrogens is 1. The molecule has 0 aliphatic heterocycles. The van der Waals surface area contributed by atoms with Gasteiger partial charge >= 0.3 is 0 Å². The van der Waals surface area contributed by atoms with Crippen molar-refractivity contribution in [1.82, 2.24) is 4.98 Å². The van der Waals surface area contributed by atoms with E-state index < -0.39 is 0 Å². The van der Waals surface area contributed by atoms with Gasteiger partial charge in [0.15, 0.2) is 5.15 Å². The standard InChI is InChI=1S/C13H16BrClN2O/c1-2-13(5-3-4-6-13)12(18)17-10-7-9(14)8-16-11(10)15/h7-8H,2-6H2,1H3,(H,17,18). The van der Waals surface area contributed by atoms with Gasteiger partial charge in [0.1, 0.15) is 0 Å². The van der Waals surface area contributed by atoms with Crippen LogP contribution in [-0.2, 0) is 4.79 Å². The second kappa shape index (κ2) is 5.57. The second-order valence-corrected chi connectivity index (χ2v) is 6.06. The van der Waals surface area contributed by atoms with Crippen molar-refractivity contribution >= 4 is 39.1 Å². The van der Waals surface area contributed by atoms with Crippen LogP contribution >= 0.6 is 27.5 Å². The van der Waals surface area contributed by atoms with Crippen LogP contribution in [0.15, 0.2) is 16.7 Å². The van der Waals surface area contributed by atoms with Crippen LogP contribution in [-0.4, -0.2) is 10.9 Å². The molecule has 0 atom stereocenters. The molecule has 5 heteroatoms. The average molecular weight is 332 g/mol. The summed E-state index contributed by atoms with van der Waals surface area (Å²) < 4.78 is 0.805. The van der Waals surface area contributed by atoms with Gasteiger partial charge in [-0.1, -0.05) is 31.4 Å². The minimum Gasteiger partial charge on any atom is -0.323 e. The summed E-state index contributed by atoms with van der Waals surface area (Å²) in [5.41, 5.74) is 0.363. The Labute approximate surface area is 120 Å². The zero-order chi connectivity index (χ0) is 13.2. The first-order valence-electron chi connectivity index (χ1n) is 6.20. The number of nitrogens with zero attached hydrogens (tertiary/aromatic N) is 1. The summed E-state index contributed by atoms with van der Waals surface area (Å²) in [5, 5.41) is 3.25. The SMILES string of the molecule is CCC1(C(=O)Nc2cc(Br)cnc2Cl)CCCC1. The molecule has 1 aromatic rings. The quantitative estimate of drug-likeness (QED) is 0.834. The monoisotopic (exact) mass is 330 g/mol. The van der Waals surface area contributed by atoms with Crippen LogP contribution in [0, 0.1) is 5.41 Å². The van der Waals surface area contributed by atoms with E-state index >= 15 is 0 Å². The van der Waals surface area contributed by atoms with E-state index in [0.29, 0.717) is 10.8 Å². The fourth-order valence-corrected chi connectivity index (χ4v) is 3.04. The topological polar surface area (TPSA) is 42.0 Å². The lowest BCUT2D eigenvalue weighted by Crippen LogP contribution is -2.33. The van der Waals surface area contributed by atoms with E-state index in [9.17, 15) is 4.79 Å². The highest BCUT2D eigenvalue weighted by Gasteiger charge is 2.39. The molecule has 1 aliphatic carbocycles. The molecular weight excluding hydrogens is 316 g/mol. The Hall–Kier alpha value is -0.610. The first-order chi connectivity index (χ1) is 8.57. The molecule has 3 nitrogen and oxygen atoms in total. The van der Waals surface area contributed by atoms with Crippen molar-refractivity contribution in [2.45, 2.75) is 39.0 Å². The molecule has 18 heavy (non-hydrogen) atoms. The highest BCUT2D eigenvalue weighted by atomic mass is 79.9. The molecule has 0 aromatic carbocycles. The van der Waals surface area contributed by atoms with E-state index in [1.165, 1.54) is 0 Å². The minimum absolute atomic E-state index is 0.0734. The van der Waals surface area contributed by atoms with Gasteiger partial charge in [-0.15, -0.1) is 0 Å². The summed E-state index contributed by atoms with van der Waals surface area (Å²) in [5.74, 6) is 0.0734. The maximum atomic E-state index is 12.4. The Kier molecular flexibility index (Phi) is 4.28. The van der Waals surface area contributed by atoms with E-state index in [1.54, 1.807) is 12.3 Å². The van der Waals surface area contributed by atoms with Gasteiger partial charge in [0, 0.05) is 16.1 Å². The highest BCUT2D eigenvalue weighted by molar-refractivity contribution is 9.10. The van der Waals surface area contributed by atoms with Crippen LogP contribution in [0.5, 0.6) is 0 Å². The van der Waals surface area contributed by atoms with Gasteiger partial charge in [-0.25, -0.2) is 4.98 Å². The third-order valence-corrected chi connectivity index (χ3v) is 4.51. The predicted molar refractivity (Wildman–Crippen MR) is 76.8 cm³/mol. The van der Waals surface area contributed by atoms with E-state index in [2.05, 4.69) is 33.2 Å². The number of rotatable bonds is 3. The maximum absolute atomic E-state index is 12.4. The molecule has 1 saturated carbocycles. The van der Waals surface area contributed by atoms with Gasteiger partial charge in [-0.2, -0.15) is 0 Å². The normalized spacial score (nSPS) is 17.7. The van der Waals surface area contributed by atoms with Crippen molar-refractivity contribution < 1.29 is 4.79 Å². The van der Waals surface area contributed by atoms with Gasteiger partial charge in [0.05, 0.1) is 5.69 Å². The Bertz CT molecular complexity index is 458. The molecule has 1 heterocycles. The number of hydrogen-bond donors (Lipinski definition) is 1. The second-order valence-electron chi connectivity index (χ2n) is 4.79. The van der Waals surface area contributed by atoms with Crippen molar-refractivity contribution in [3.63, 3.8) is 0 Å². The fourth-order valence-electron chi connectivity index (χ4n) is 2.56. The molecule has 98 valence electrons. The summed E-state index contributed by atoms with van der Waals surface area (Å²) in [4.78, 5) is 16.4. The lowest BCUT2D eigenvalue weighted by atomic mass is 9.82. The third kappa shape index (κ3) is 2.69. The molecule has 0 spiro atoms. The Balaban J connectivity index is 2.18. The molecule has 1 aliphatic rings. The van der Waals surface area contributed by atoms with Crippen LogP contribution in [0.1, 0.15) is 39.0 Å². The van der Waals surface area contributed by atoms with E-state index in [1.807, 2.05) is 0 Å². The van der Waals surface area contributed by atoms with Crippen molar-refractivity contribution in [2.24, 2.45) is 5.41 Å². The van der Waals surface area contributed by atoms with Crippen LogP contribution < -0.4 is 5.32 Å². The Morgan fingerprint density at radius 2 is 2.22 bits per heavy atom. The summed E-state index contributed by atoms with van der Waals surface area (Å²) in [6.45, 7) is 2.08. The molecule has 2 rings (SSSR count). The van der Waals surface area contributed by atoms with E-state index in [-0.39, 0.29) is 11.3 Å². The maximum Gasteiger partial charge on any atom is 0.230 e. The van der Waals surface area contributed by atoms with Crippen LogP contribution in [0.25, 0.3) is 0 Å². The lowest BCUT2D eigenvalue weighted by molar-refractivity contribution is -0.125. The first kappa shape index (κ1) is 13.8. The summed E-state index contributed by atoms with van der Waals surface area (Å²) in [7, 11) is 0. The number of carbonyl (C=O) groups is 1. The van der Waals surface area contributed by atoms with Crippen molar-refractivity contribution in [3.8, 4) is 0 Å². The van der Waals surface area contributed by atoms with Gasteiger partial charge in [-0.3, -0.25) is 4.79 Å². The summed E-state index contributed by atoms with van der Waals surface area (Å²) in [6, 6.07) is 1.78. The number of amides is 1. The minimum atomic E-state index is -0.217. The van der Waals surface area contributed by atoms with Gasteiger partial charge < -0.3 is 5.32 Å². The molecule has 0 bridgehead atoms. The van der Waals surface area contributed by atoms with Crippen molar-refractivity contribution in [2.75, 3.05) is 5.32 Å². The molecule has 1 N–H and O–H groups in total. The van der Waals surface area contributed by atoms with Crippen molar-refractivity contribution in [1.29, 1.82) is 0 Å². The van der Waals surface area contributed by atoms with Gasteiger partial charge in [0.25, 0.3) is 0 Å². The van der Waals surface area contributed by atoms with E-state index in [0.717, 1.165) is 36.6 Å².